The highest BCUT2D eigenvalue weighted by molar-refractivity contribution is 4.95. The molecule has 22 heavy (non-hydrogen) atoms. The molecule has 0 unspecified atom stereocenters. The van der Waals surface area contributed by atoms with Crippen molar-refractivity contribution < 1.29 is 4.52 Å². The van der Waals surface area contributed by atoms with Crippen molar-refractivity contribution in [1.82, 2.24) is 10.1 Å². The van der Waals surface area contributed by atoms with Crippen LogP contribution in [0.15, 0.2) is 4.52 Å². The predicted molar refractivity (Wildman–Crippen MR) is 91.7 cm³/mol. The summed E-state index contributed by atoms with van der Waals surface area (Å²) in [6.45, 7) is 4.85. The van der Waals surface area contributed by atoms with Gasteiger partial charge in [0, 0.05) is 5.92 Å². The van der Waals surface area contributed by atoms with Crippen LogP contribution >= 0.6 is 0 Å². The first-order chi connectivity index (χ1) is 10.8. The van der Waals surface area contributed by atoms with Crippen LogP contribution in [0.3, 0.4) is 0 Å². The zero-order valence-electron chi connectivity index (χ0n) is 14.6. The third kappa shape index (κ3) is 7.92. The van der Waals surface area contributed by atoms with Gasteiger partial charge < -0.3 is 10.3 Å². The molecule has 4 nitrogen and oxygen atoms in total. The fraction of sp³-hybridized carbons (Fsp3) is 0.889. The summed E-state index contributed by atoms with van der Waals surface area (Å²) in [5.41, 5.74) is 5.58. The van der Waals surface area contributed by atoms with Crippen LogP contribution in [0.5, 0.6) is 0 Å². The topological polar surface area (TPSA) is 64.9 Å². The van der Waals surface area contributed by atoms with Crippen molar-refractivity contribution in [2.45, 2.75) is 103 Å². The fourth-order valence-electron chi connectivity index (χ4n) is 2.91. The smallest absolute Gasteiger partial charge is 0.240 e. The lowest BCUT2D eigenvalue weighted by atomic mass is 9.93. The van der Waals surface area contributed by atoms with E-state index in [2.05, 4.69) is 24.0 Å². The number of nitrogens with two attached hydrogens (primary N) is 1. The van der Waals surface area contributed by atoms with E-state index in [1.54, 1.807) is 0 Å². The van der Waals surface area contributed by atoms with Crippen LogP contribution in [-0.2, 0) is 6.54 Å². The van der Waals surface area contributed by atoms with E-state index in [0.29, 0.717) is 18.4 Å². The minimum absolute atomic E-state index is 0.340. The monoisotopic (exact) mass is 309 g/mol. The van der Waals surface area contributed by atoms with Crippen LogP contribution in [0.25, 0.3) is 0 Å². The molecule has 0 aliphatic carbocycles. The highest BCUT2D eigenvalue weighted by Gasteiger charge is 2.17. The Morgan fingerprint density at radius 1 is 0.864 bits per heavy atom. The van der Waals surface area contributed by atoms with E-state index in [9.17, 15) is 0 Å². The number of nitrogens with zero attached hydrogens (tertiary/aromatic N) is 2. The van der Waals surface area contributed by atoms with E-state index in [1.165, 1.54) is 77.0 Å². The van der Waals surface area contributed by atoms with Crippen LogP contribution in [0.4, 0.5) is 0 Å². The van der Waals surface area contributed by atoms with E-state index in [0.717, 1.165) is 5.82 Å². The lowest BCUT2D eigenvalue weighted by Crippen LogP contribution is -2.03. The predicted octanol–water partition coefficient (Wildman–Crippen LogP) is 5.33. The molecular formula is C18H35N3O. The molecule has 4 heteroatoms. The van der Waals surface area contributed by atoms with Gasteiger partial charge in [0.15, 0.2) is 5.82 Å². The number of aromatic nitrogens is 2. The van der Waals surface area contributed by atoms with Gasteiger partial charge in [0.05, 0.1) is 6.54 Å². The Kier molecular flexibility index (Phi) is 11.0. The van der Waals surface area contributed by atoms with Gasteiger partial charge in [-0.25, -0.2) is 0 Å². The SMILES string of the molecule is CCCCCCCC(CCCCCCC)c1noc(CN)n1. The van der Waals surface area contributed by atoms with Gasteiger partial charge in [-0.2, -0.15) is 4.98 Å². The van der Waals surface area contributed by atoms with Crippen LogP contribution in [0, 0.1) is 0 Å². The first-order valence-corrected chi connectivity index (χ1v) is 9.34. The van der Waals surface area contributed by atoms with E-state index in [-0.39, 0.29) is 0 Å². The van der Waals surface area contributed by atoms with Gasteiger partial charge in [0.25, 0.3) is 0 Å². The first kappa shape index (κ1) is 19.1. The lowest BCUT2D eigenvalue weighted by molar-refractivity contribution is 0.365. The van der Waals surface area contributed by atoms with E-state index < -0.39 is 0 Å². The summed E-state index contributed by atoms with van der Waals surface area (Å²) in [7, 11) is 0. The Bertz CT molecular complexity index is 351. The third-order valence-electron chi connectivity index (χ3n) is 4.34. The van der Waals surface area contributed by atoms with Crippen LogP contribution in [-0.4, -0.2) is 10.1 Å². The molecule has 2 N–H and O–H groups in total. The van der Waals surface area contributed by atoms with E-state index >= 15 is 0 Å². The molecule has 1 aromatic rings. The van der Waals surface area contributed by atoms with Crippen molar-refractivity contribution in [3.63, 3.8) is 0 Å². The quantitative estimate of drug-likeness (QED) is 0.471. The van der Waals surface area contributed by atoms with Gasteiger partial charge in [0.1, 0.15) is 0 Å². The molecule has 0 saturated carbocycles. The highest BCUT2D eigenvalue weighted by Crippen LogP contribution is 2.26. The number of unbranched alkanes of at least 4 members (excludes halogenated alkanes) is 8. The maximum atomic E-state index is 5.58. The lowest BCUT2D eigenvalue weighted by Gasteiger charge is -2.13. The Labute approximate surface area is 136 Å². The Morgan fingerprint density at radius 2 is 1.41 bits per heavy atom. The number of hydrogen-bond acceptors (Lipinski definition) is 4. The molecule has 128 valence electrons. The zero-order chi connectivity index (χ0) is 16.0. The third-order valence-corrected chi connectivity index (χ3v) is 4.34. The van der Waals surface area contributed by atoms with Crippen LogP contribution in [0.2, 0.25) is 0 Å². The average molecular weight is 309 g/mol. The molecule has 0 spiro atoms. The summed E-state index contributed by atoms with van der Waals surface area (Å²) >= 11 is 0. The molecule has 0 aliphatic heterocycles. The van der Waals surface area contributed by atoms with Crippen molar-refractivity contribution in [2.75, 3.05) is 0 Å². The largest absolute Gasteiger partial charge is 0.338 e. The van der Waals surface area contributed by atoms with Crippen molar-refractivity contribution >= 4 is 0 Å². The minimum Gasteiger partial charge on any atom is -0.338 e. The summed E-state index contributed by atoms with van der Waals surface area (Å²) in [6, 6.07) is 0. The molecule has 0 fully saturated rings. The van der Waals surface area contributed by atoms with Crippen LogP contribution in [0.1, 0.15) is 109 Å². The average Bonchev–Trinajstić information content (AvgIpc) is 3.01. The van der Waals surface area contributed by atoms with Gasteiger partial charge in [-0.15, -0.1) is 0 Å². The van der Waals surface area contributed by atoms with Crippen molar-refractivity contribution in [1.29, 1.82) is 0 Å². The van der Waals surface area contributed by atoms with Gasteiger partial charge in [-0.1, -0.05) is 83.2 Å². The molecule has 0 atom stereocenters. The maximum Gasteiger partial charge on any atom is 0.240 e. The summed E-state index contributed by atoms with van der Waals surface area (Å²) in [5, 5.41) is 4.15. The first-order valence-electron chi connectivity index (χ1n) is 9.34. The second-order valence-corrected chi connectivity index (χ2v) is 6.35. The van der Waals surface area contributed by atoms with Crippen molar-refractivity contribution in [2.24, 2.45) is 5.73 Å². The van der Waals surface area contributed by atoms with E-state index in [4.69, 9.17) is 10.3 Å². The van der Waals surface area contributed by atoms with E-state index in [1.807, 2.05) is 0 Å². The molecule has 0 bridgehead atoms. The van der Waals surface area contributed by atoms with Gasteiger partial charge >= 0.3 is 0 Å². The fourth-order valence-corrected chi connectivity index (χ4v) is 2.91. The summed E-state index contributed by atoms with van der Waals surface area (Å²) < 4.78 is 5.20. The van der Waals surface area contributed by atoms with Crippen molar-refractivity contribution in [3.8, 4) is 0 Å². The molecule has 1 aromatic heterocycles. The van der Waals surface area contributed by atoms with Crippen molar-refractivity contribution in [3.05, 3.63) is 11.7 Å². The molecule has 0 saturated heterocycles. The molecule has 0 aromatic carbocycles. The molecule has 1 heterocycles. The number of rotatable bonds is 14. The standard InChI is InChI=1S/C18H35N3O/c1-3-5-7-9-11-13-16(14-12-10-8-6-4-2)18-20-17(15-19)22-21-18/h16H,3-15,19H2,1-2H3. The molecular weight excluding hydrogens is 274 g/mol. The Morgan fingerprint density at radius 3 is 1.86 bits per heavy atom. The molecule has 0 amide bonds. The summed E-state index contributed by atoms with van der Waals surface area (Å²) in [5.74, 6) is 1.90. The second kappa shape index (κ2) is 12.6. The van der Waals surface area contributed by atoms with Gasteiger partial charge in [0.2, 0.25) is 5.89 Å². The highest BCUT2D eigenvalue weighted by atomic mass is 16.5. The summed E-state index contributed by atoms with van der Waals surface area (Å²) in [4.78, 5) is 4.46. The van der Waals surface area contributed by atoms with Crippen LogP contribution < -0.4 is 5.73 Å². The summed E-state index contributed by atoms with van der Waals surface area (Å²) in [6.07, 6.45) is 15.5. The Hall–Kier alpha value is -0.900. The Balaban J connectivity index is 2.38. The molecule has 1 rings (SSSR count). The molecule has 0 radical (unpaired) electrons. The van der Waals surface area contributed by atoms with Gasteiger partial charge in [-0.3, -0.25) is 0 Å². The second-order valence-electron chi connectivity index (χ2n) is 6.35. The molecule has 0 aliphatic rings. The van der Waals surface area contributed by atoms with Gasteiger partial charge in [-0.05, 0) is 12.8 Å². The normalized spacial score (nSPS) is 11.5. The minimum atomic E-state index is 0.340. The number of hydrogen-bond donors (Lipinski definition) is 1. The zero-order valence-corrected chi connectivity index (χ0v) is 14.6. The maximum absolute atomic E-state index is 5.58.